The molecule has 15 atom stereocenters. The Balaban J connectivity index is 1.65. The van der Waals surface area contributed by atoms with Crippen LogP contribution in [0, 0.1) is 0 Å². The number of aliphatic hydroxyl groups excluding tert-OH is 5. The molecule has 0 aromatic carbocycles. The number of amides is 4. The molecule has 0 aromatic rings. The van der Waals surface area contributed by atoms with Crippen molar-refractivity contribution in [3.05, 3.63) is 24.2 Å². The molecule has 3 fully saturated rings. The Morgan fingerprint density at radius 2 is 1.29 bits per heavy atom. The molecule has 72 heavy (non-hydrogen) atoms. The lowest BCUT2D eigenvalue weighted by Gasteiger charge is -2.43. The standard InChI is InChI=1S/C46H79N7O19/c1-43(2,3)69-39(59)50-17-13-16-49-20-22-14-15-24(51-40(60)70-44(4,5)6)36(63-22)66-33-25(52-41(61)71-45(7,8)9)18-23(48)29(55)35(33)68-38-32(58)34(27(21-54)65-38)67-37-28(53-42(62)72-46(10,11)12)31(57)30(56)26(19-47)64-37/h14-15,21-24,26,28-38,49,54-58H,13,16-20,47-48H2,1-12H3,(H,50,59)(H,51,60)(H,53,62)/b27-21-,52-25+/t22-,23+,24+,26-,28+,29-,30+,31+,32+,33+,34+,35+,36+,37+,38-/m0/s1. The Morgan fingerprint density at radius 1 is 0.708 bits per heavy atom. The molecule has 26 nitrogen and oxygen atoms in total. The molecule has 4 amide bonds. The van der Waals surface area contributed by atoms with Gasteiger partial charge in [-0.3, -0.25) is 0 Å². The van der Waals surface area contributed by atoms with Crippen molar-refractivity contribution >= 4 is 30.1 Å². The molecule has 3 aliphatic heterocycles. The molecule has 3 heterocycles. The normalized spacial score (nSPS) is 33.4. The van der Waals surface area contributed by atoms with Crippen LogP contribution in [0.1, 0.15) is 95.9 Å². The van der Waals surface area contributed by atoms with E-state index in [-0.39, 0.29) is 25.2 Å². The van der Waals surface area contributed by atoms with Crippen LogP contribution in [-0.2, 0) is 47.4 Å². The van der Waals surface area contributed by atoms with Crippen LogP contribution in [0.5, 0.6) is 0 Å². The summed E-state index contributed by atoms with van der Waals surface area (Å²) in [6.45, 7) is 20.6. The highest BCUT2D eigenvalue weighted by molar-refractivity contribution is 5.98. The monoisotopic (exact) mass is 1030 g/mol. The Hall–Kier alpha value is -4.45. The van der Waals surface area contributed by atoms with Crippen LogP contribution in [0.15, 0.2) is 29.2 Å². The van der Waals surface area contributed by atoms with Crippen LogP contribution in [-0.4, -0.2) is 196 Å². The van der Waals surface area contributed by atoms with Crippen LogP contribution in [0.2, 0.25) is 0 Å². The average molecular weight is 1030 g/mol. The molecule has 1 saturated carbocycles. The smallest absolute Gasteiger partial charge is 0.434 e. The van der Waals surface area contributed by atoms with Gasteiger partial charge in [-0.2, -0.15) is 4.99 Å². The summed E-state index contributed by atoms with van der Waals surface area (Å²) in [4.78, 5) is 55.7. The van der Waals surface area contributed by atoms with E-state index in [4.69, 9.17) is 58.8 Å². The zero-order valence-electron chi connectivity index (χ0n) is 43.2. The van der Waals surface area contributed by atoms with Crippen LogP contribution < -0.4 is 32.7 Å². The highest BCUT2D eigenvalue weighted by atomic mass is 16.8. The minimum absolute atomic E-state index is 0.0985. The fraction of sp³-hybridized carbons (Fsp3) is 0.804. The number of hydrogen-bond acceptors (Lipinski definition) is 22. The van der Waals surface area contributed by atoms with E-state index in [1.165, 1.54) is 0 Å². The maximum atomic E-state index is 13.3. The third-order valence-electron chi connectivity index (χ3n) is 10.6. The Bertz CT molecular complexity index is 1910. The maximum absolute atomic E-state index is 13.3. The number of nitrogens with two attached hydrogens (primary N) is 2. The van der Waals surface area contributed by atoms with Crippen molar-refractivity contribution in [1.82, 2.24) is 21.3 Å². The first kappa shape index (κ1) is 60.1. The SMILES string of the molecule is CC(C)(C)OC(=O)/N=C1\C[C@@H](N)[C@H](O)[C@@H](O[C@@H]2O/C(=C\O)[C@@H](O[C@H]3O[C@@H](CN)[C@@H](O)[C@H](O)[C@H]3NC(=O)OC(C)(C)C)[C@H]2O)[C@@H]1O[C@H]1O[C@H](CNCCCNC(=O)OC(C)(C)C)C=C[C@H]1NC(=O)OC(C)(C)C. The molecule has 1 aliphatic carbocycles. The van der Waals surface area contributed by atoms with E-state index in [0.29, 0.717) is 25.8 Å². The van der Waals surface area contributed by atoms with Crippen molar-refractivity contribution < 1.29 is 92.1 Å². The van der Waals surface area contributed by atoms with Crippen molar-refractivity contribution in [2.75, 3.05) is 26.2 Å². The van der Waals surface area contributed by atoms with Gasteiger partial charge in [0.25, 0.3) is 0 Å². The first-order valence-electron chi connectivity index (χ1n) is 23.9. The van der Waals surface area contributed by atoms with E-state index < -0.39 is 144 Å². The maximum Gasteiger partial charge on any atom is 0.434 e. The predicted molar refractivity (Wildman–Crippen MR) is 254 cm³/mol. The predicted octanol–water partition coefficient (Wildman–Crippen LogP) is 0.704. The topological polar surface area (TPSA) is 374 Å². The molecule has 0 spiro atoms. The van der Waals surface area contributed by atoms with E-state index >= 15 is 0 Å². The van der Waals surface area contributed by atoms with Crippen LogP contribution in [0.25, 0.3) is 0 Å². The summed E-state index contributed by atoms with van der Waals surface area (Å²) in [5.74, 6) is -0.454. The van der Waals surface area contributed by atoms with E-state index in [9.17, 15) is 44.7 Å². The Kier molecular flexibility index (Phi) is 21.0. The summed E-state index contributed by atoms with van der Waals surface area (Å²) in [6.07, 6.45) is -18.2. The molecule has 2 saturated heterocycles. The summed E-state index contributed by atoms with van der Waals surface area (Å²) >= 11 is 0. The molecule has 0 aromatic heterocycles. The molecule has 0 unspecified atom stereocenters. The second-order valence-corrected chi connectivity index (χ2v) is 21.7. The summed E-state index contributed by atoms with van der Waals surface area (Å²) < 4.78 is 58.6. The van der Waals surface area contributed by atoms with Gasteiger partial charge in [-0.25, -0.2) is 19.2 Å². The van der Waals surface area contributed by atoms with E-state index in [1.807, 2.05) is 0 Å². The van der Waals surface area contributed by atoms with Gasteiger partial charge in [0.2, 0.25) is 6.29 Å². The lowest BCUT2D eigenvalue weighted by Crippen LogP contribution is -2.66. The van der Waals surface area contributed by atoms with Gasteiger partial charge in [0, 0.05) is 32.1 Å². The fourth-order valence-electron chi connectivity index (χ4n) is 7.53. The van der Waals surface area contributed by atoms with Crippen LogP contribution in [0.4, 0.5) is 19.2 Å². The van der Waals surface area contributed by atoms with Crippen molar-refractivity contribution in [3.63, 3.8) is 0 Å². The first-order chi connectivity index (χ1) is 33.3. The number of aliphatic hydroxyl groups is 5. The van der Waals surface area contributed by atoms with Gasteiger partial charge in [0.05, 0.1) is 17.9 Å². The number of alkyl carbamates (subject to hydrolysis) is 3. The highest BCUT2D eigenvalue weighted by Crippen LogP contribution is 2.36. The molecular formula is C46H79N7O19. The Labute approximate surface area is 419 Å². The minimum Gasteiger partial charge on any atom is -0.512 e. The van der Waals surface area contributed by atoms with Gasteiger partial charge in [0.15, 0.2) is 24.4 Å². The molecule has 0 bridgehead atoms. The molecule has 4 rings (SSSR count). The lowest BCUT2D eigenvalue weighted by molar-refractivity contribution is -0.281. The van der Waals surface area contributed by atoms with E-state index in [1.54, 1.807) is 95.2 Å². The molecule has 26 heteroatoms. The van der Waals surface area contributed by atoms with E-state index in [2.05, 4.69) is 26.3 Å². The largest absolute Gasteiger partial charge is 0.512 e. The number of aliphatic imine (C=N–C) groups is 1. The Morgan fingerprint density at radius 3 is 1.88 bits per heavy atom. The molecule has 4 aliphatic rings. The summed E-state index contributed by atoms with van der Waals surface area (Å²) in [5.41, 5.74) is 8.63. The fourth-order valence-corrected chi connectivity index (χ4v) is 7.53. The summed E-state index contributed by atoms with van der Waals surface area (Å²) in [6, 6.07) is -3.81. The van der Waals surface area contributed by atoms with Crippen molar-refractivity contribution in [2.45, 2.75) is 210 Å². The zero-order valence-corrected chi connectivity index (χ0v) is 43.2. The van der Waals surface area contributed by atoms with Gasteiger partial charge < -0.3 is 106 Å². The number of nitrogens with zero attached hydrogens (tertiary/aromatic N) is 1. The second kappa shape index (κ2) is 25.2. The van der Waals surface area contributed by atoms with Crippen molar-refractivity contribution in [3.8, 4) is 0 Å². The summed E-state index contributed by atoms with van der Waals surface area (Å²) in [7, 11) is 0. The van der Waals surface area contributed by atoms with Crippen LogP contribution in [0.3, 0.4) is 0 Å². The number of carbonyl (C=O) groups is 4. The van der Waals surface area contributed by atoms with Crippen molar-refractivity contribution in [1.29, 1.82) is 0 Å². The number of rotatable bonds is 15. The lowest BCUT2D eigenvalue weighted by atomic mass is 9.86. The number of nitrogens with one attached hydrogen (secondary N) is 4. The van der Waals surface area contributed by atoms with Gasteiger partial charge in [-0.1, -0.05) is 12.2 Å². The summed E-state index contributed by atoms with van der Waals surface area (Å²) in [5, 5.41) is 66.9. The van der Waals surface area contributed by atoms with Gasteiger partial charge in [-0.05, 0) is 96.1 Å². The third kappa shape index (κ3) is 18.5. The van der Waals surface area contributed by atoms with Gasteiger partial charge in [-0.15, -0.1) is 0 Å². The quantitative estimate of drug-likeness (QED) is 0.0465. The molecule has 0 radical (unpaired) electrons. The number of carbonyl (C=O) groups excluding carboxylic acids is 4. The second-order valence-electron chi connectivity index (χ2n) is 21.7. The van der Waals surface area contributed by atoms with Gasteiger partial charge in [0.1, 0.15) is 77.4 Å². The minimum atomic E-state index is -1.91. The molecular weight excluding hydrogens is 955 g/mol. The number of ether oxygens (including phenoxy) is 10. The first-order valence-corrected chi connectivity index (χ1v) is 23.9. The third-order valence-corrected chi connectivity index (χ3v) is 10.6. The average Bonchev–Trinajstić information content (AvgIpc) is 3.52. The van der Waals surface area contributed by atoms with E-state index in [0.717, 1.165) is 0 Å². The zero-order chi connectivity index (χ0) is 54.1. The number of hydrogen-bond donors (Lipinski definition) is 11. The van der Waals surface area contributed by atoms with Crippen LogP contribution >= 0.6 is 0 Å². The van der Waals surface area contributed by atoms with Gasteiger partial charge >= 0.3 is 24.4 Å². The molecule has 412 valence electrons. The highest BCUT2D eigenvalue weighted by Gasteiger charge is 2.54. The molecule has 13 N–H and O–H groups in total. The van der Waals surface area contributed by atoms with Crippen molar-refractivity contribution in [2.24, 2.45) is 16.5 Å².